The lowest BCUT2D eigenvalue weighted by atomic mass is 10.2. The van der Waals surface area contributed by atoms with Gasteiger partial charge >= 0.3 is 0 Å². The van der Waals surface area contributed by atoms with Gasteiger partial charge in [0.15, 0.2) is 6.39 Å². The van der Waals surface area contributed by atoms with E-state index in [0.717, 1.165) is 50.0 Å². The summed E-state index contributed by atoms with van der Waals surface area (Å²) in [6, 6.07) is 0. The summed E-state index contributed by atoms with van der Waals surface area (Å²) in [7, 11) is 0. The topological polar surface area (TPSA) is 50.1 Å². The number of aromatic nitrogens is 1. The minimum absolute atomic E-state index is 0.727. The summed E-state index contributed by atoms with van der Waals surface area (Å²) in [6.07, 6.45) is 2.64. The van der Waals surface area contributed by atoms with E-state index in [2.05, 4.69) is 29.5 Å². The fourth-order valence-corrected chi connectivity index (χ4v) is 1.43. The van der Waals surface area contributed by atoms with Crippen LogP contribution in [0.5, 0.6) is 0 Å². The predicted molar refractivity (Wildman–Crippen MR) is 65.3 cm³/mol. The second-order valence-corrected chi connectivity index (χ2v) is 4.49. The van der Waals surface area contributed by atoms with Gasteiger partial charge in [0.25, 0.3) is 0 Å². The van der Waals surface area contributed by atoms with E-state index in [1.165, 1.54) is 6.39 Å². The molecule has 0 aliphatic rings. The third-order valence-corrected chi connectivity index (χ3v) is 2.39. The van der Waals surface area contributed by atoms with Crippen LogP contribution in [0.2, 0.25) is 0 Å². The number of nitrogens with zero attached hydrogens (tertiary/aromatic N) is 1. The van der Waals surface area contributed by atoms with Gasteiger partial charge in [-0.25, -0.2) is 4.98 Å². The van der Waals surface area contributed by atoms with Crippen LogP contribution in [-0.2, 0) is 6.54 Å². The molecule has 1 rings (SSSR count). The Bertz CT molecular complexity index is 284. The van der Waals surface area contributed by atoms with Crippen molar-refractivity contribution in [1.29, 1.82) is 0 Å². The summed E-state index contributed by atoms with van der Waals surface area (Å²) in [4.78, 5) is 4.05. The predicted octanol–water partition coefficient (Wildman–Crippen LogP) is 1.71. The molecule has 0 atom stereocenters. The molecule has 4 nitrogen and oxygen atoms in total. The number of hydrogen-bond donors (Lipinski definition) is 2. The molecule has 1 aromatic rings. The second kappa shape index (κ2) is 7.41. The Morgan fingerprint density at radius 2 is 2.06 bits per heavy atom. The van der Waals surface area contributed by atoms with Gasteiger partial charge in [-0.3, -0.25) is 0 Å². The van der Waals surface area contributed by atoms with Crippen LogP contribution in [0.4, 0.5) is 0 Å². The van der Waals surface area contributed by atoms with Crippen LogP contribution in [0.1, 0.15) is 31.7 Å². The molecule has 1 heterocycles. The van der Waals surface area contributed by atoms with Crippen molar-refractivity contribution in [2.45, 2.75) is 33.7 Å². The molecule has 0 radical (unpaired) electrons. The van der Waals surface area contributed by atoms with E-state index in [9.17, 15) is 0 Å². The number of nitrogens with one attached hydrogen (secondary N) is 2. The zero-order valence-corrected chi connectivity index (χ0v) is 10.5. The molecule has 0 saturated carbocycles. The summed E-state index contributed by atoms with van der Waals surface area (Å²) >= 11 is 0. The molecule has 0 bridgehead atoms. The Morgan fingerprint density at radius 3 is 2.69 bits per heavy atom. The highest BCUT2D eigenvalue weighted by atomic mass is 16.3. The lowest BCUT2D eigenvalue weighted by Gasteiger charge is -2.07. The van der Waals surface area contributed by atoms with Crippen molar-refractivity contribution in [3.8, 4) is 0 Å². The van der Waals surface area contributed by atoms with Gasteiger partial charge in [-0.2, -0.15) is 0 Å². The largest absolute Gasteiger partial charge is 0.447 e. The summed E-state index contributed by atoms with van der Waals surface area (Å²) in [5.41, 5.74) is 0.977. The number of rotatable bonds is 8. The summed E-state index contributed by atoms with van der Waals surface area (Å²) < 4.78 is 5.23. The highest BCUT2D eigenvalue weighted by molar-refractivity contribution is 5.03. The van der Waals surface area contributed by atoms with Crippen LogP contribution < -0.4 is 10.6 Å². The van der Waals surface area contributed by atoms with Crippen molar-refractivity contribution in [1.82, 2.24) is 15.6 Å². The first-order valence-electron chi connectivity index (χ1n) is 6.00. The smallest absolute Gasteiger partial charge is 0.181 e. The maximum absolute atomic E-state index is 5.23. The van der Waals surface area contributed by atoms with Crippen molar-refractivity contribution in [3.05, 3.63) is 17.8 Å². The second-order valence-electron chi connectivity index (χ2n) is 4.49. The number of hydrogen-bond acceptors (Lipinski definition) is 4. The molecule has 0 aliphatic heterocycles. The summed E-state index contributed by atoms with van der Waals surface area (Å²) in [6.45, 7) is 10.4. The third-order valence-electron chi connectivity index (χ3n) is 2.39. The summed E-state index contributed by atoms with van der Waals surface area (Å²) in [5, 5.41) is 6.76. The van der Waals surface area contributed by atoms with Crippen LogP contribution in [-0.4, -0.2) is 24.6 Å². The lowest BCUT2D eigenvalue weighted by molar-refractivity contribution is 0.470. The molecule has 0 aliphatic carbocycles. The van der Waals surface area contributed by atoms with Gasteiger partial charge < -0.3 is 15.1 Å². The van der Waals surface area contributed by atoms with Gasteiger partial charge in [-0.05, 0) is 38.9 Å². The molecule has 0 amide bonds. The van der Waals surface area contributed by atoms with E-state index in [-0.39, 0.29) is 0 Å². The average Bonchev–Trinajstić information content (AvgIpc) is 2.62. The minimum atomic E-state index is 0.727. The molecule has 1 aromatic heterocycles. The molecule has 0 unspecified atom stereocenters. The van der Waals surface area contributed by atoms with Gasteiger partial charge in [0, 0.05) is 0 Å². The van der Waals surface area contributed by atoms with E-state index in [1.807, 2.05) is 6.92 Å². The fourth-order valence-electron chi connectivity index (χ4n) is 1.43. The first-order chi connectivity index (χ1) is 7.70. The lowest BCUT2D eigenvalue weighted by Crippen LogP contribution is -2.24. The molecule has 0 fully saturated rings. The Balaban J connectivity index is 1.94. The van der Waals surface area contributed by atoms with Gasteiger partial charge in [-0.1, -0.05) is 13.8 Å². The van der Waals surface area contributed by atoms with Crippen LogP contribution in [0.3, 0.4) is 0 Å². The van der Waals surface area contributed by atoms with Crippen LogP contribution >= 0.6 is 0 Å². The molecular weight excluding hydrogens is 202 g/mol. The molecule has 16 heavy (non-hydrogen) atoms. The van der Waals surface area contributed by atoms with E-state index in [1.54, 1.807) is 0 Å². The van der Waals surface area contributed by atoms with Crippen molar-refractivity contribution in [3.63, 3.8) is 0 Å². The van der Waals surface area contributed by atoms with Crippen LogP contribution in [0.15, 0.2) is 10.8 Å². The number of oxazole rings is 1. The Morgan fingerprint density at radius 1 is 1.31 bits per heavy atom. The molecule has 0 saturated heterocycles. The van der Waals surface area contributed by atoms with Crippen molar-refractivity contribution in [2.24, 2.45) is 5.92 Å². The minimum Gasteiger partial charge on any atom is -0.447 e. The van der Waals surface area contributed by atoms with E-state index in [4.69, 9.17) is 4.42 Å². The monoisotopic (exact) mass is 225 g/mol. The molecule has 0 aromatic carbocycles. The first-order valence-corrected chi connectivity index (χ1v) is 6.00. The molecule has 4 heteroatoms. The van der Waals surface area contributed by atoms with Crippen LogP contribution in [0.25, 0.3) is 0 Å². The van der Waals surface area contributed by atoms with Crippen molar-refractivity contribution in [2.75, 3.05) is 19.6 Å². The van der Waals surface area contributed by atoms with Crippen molar-refractivity contribution < 1.29 is 4.42 Å². The molecule has 0 spiro atoms. The average molecular weight is 225 g/mol. The fraction of sp³-hybridized carbons (Fsp3) is 0.750. The van der Waals surface area contributed by atoms with Gasteiger partial charge in [0.2, 0.25) is 0 Å². The zero-order chi connectivity index (χ0) is 11.8. The maximum atomic E-state index is 5.23. The Labute approximate surface area is 97.8 Å². The van der Waals surface area contributed by atoms with E-state index < -0.39 is 0 Å². The van der Waals surface area contributed by atoms with Crippen molar-refractivity contribution >= 4 is 0 Å². The quantitative estimate of drug-likeness (QED) is 0.661. The maximum Gasteiger partial charge on any atom is 0.181 e. The van der Waals surface area contributed by atoms with E-state index in [0.29, 0.717) is 0 Å². The standard InChI is InChI=1S/C12H23N3O/c1-10(2)7-13-5-4-6-14-8-12-11(3)15-9-16-12/h9-10,13-14H,4-8H2,1-3H3. The molecular formula is C12H23N3O. The Kier molecular flexibility index (Phi) is 6.11. The third kappa shape index (κ3) is 5.28. The first kappa shape index (κ1) is 13.2. The van der Waals surface area contributed by atoms with Gasteiger partial charge in [-0.15, -0.1) is 0 Å². The zero-order valence-electron chi connectivity index (χ0n) is 10.5. The van der Waals surface area contributed by atoms with Gasteiger partial charge in [0.05, 0.1) is 12.2 Å². The van der Waals surface area contributed by atoms with Gasteiger partial charge in [0.1, 0.15) is 5.76 Å². The number of aryl methyl sites for hydroxylation is 1. The normalized spacial score (nSPS) is 11.2. The SMILES string of the molecule is Cc1ncoc1CNCCCNCC(C)C. The summed E-state index contributed by atoms with van der Waals surface area (Å²) in [5.74, 6) is 1.67. The van der Waals surface area contributed by atoms with E-state index >= 15 is 0 Å². The Hall–Kier alpha value is -0.870. The highest BCUT2D eigenvalue weighted by Gasteiger charge is 2.01. The molecule has 92 valence electrons. The highest BCUT2D eigenvalue weighted by Crippen LogP contribution is 2.03. The van der Waals surface area contributed by atoms with Crippen LogP contribution in [0, 0.1) is 12.8 Å². The molecule has 2 N–H and O–H groups in total.